The maximum atomic E-state index is 10.7. The zero-order valence-corrected chi connectivity index (χ0v) is 18.6. The number of hydrogen-bond donors (Lipinski definition) is 1. The molecule has 4 aliphatic rings. The lowest BCUT2D eigenvalue weighted by Crippen LogP contribution is -2.51. The van der Waals surface area contributed by atoms with Crippen LogP contribution >= 0.6 is 11.6 Å². The van der Waals surface area contributed by atoms with Crippen LogP contribution in [0.3, 0.4) is 0 Å². The molecule has 5 nitrogen and oxygen atoms in total. The number of aromatic nitrogens is 4. The lowest BCUT2D eigenvalue weighted by atomic mass is 9.47. The minimum absolute atomic E-state index is 0.0905. The second-order valence-electron chi connectivity index (χ2n) is 10.8. The van der Waals surface area contributed by atoms with Crippen molar-refractivity contribution in [2.45, 2.75) is 77.4 Å². The second kappa shape index (κ2) is 6.52. The number of hydrogen-bond acceptors (Lipinski definition) is 4. The number of rotatable bonds is 1. The van der Waals surface area contributed by atoms with Gasteiger partial charge in [0.25, 0.3) is 0 Å². The van der Waals surface area contributed by atoms with E-state index in [0.717, 1.165) is 30.3 Å². The average molecular weight is 427 g/mol. The zero-order valence-electron chi connectivity index (χ0n) is 17.9. The van der Waals surface area contributed by atoms with Crippen LogP contribution in [0.4, 0.5) is 0 Å². The van der Waals surface area contributed by atoms with Gasteiger partial charge < -0.3 is 9.67 Å². The monoisotopic (exact) mass is 426 g/mol. The Hall–Kier alpha value is -1.46. The molecule has 2 aromatic heterocycles. The van der Waals surface area contributed by atoms with Crippen LogP contribution in [0.15, 0.2) is 24.3 Å². The molecule has 0 bridgehead atoms. The molecule has 0 aliphatic heterocycles. The van der Waals surface area contributed by atoms with E-state index in [1.54, 1.807) is 5.57 Å². The molecular weight excluding hydrogens is 396 g/mol. The summed E-state index contributed by atoms with van der Waals surface area (Å²) in [6.07, 6.45) is 15.3. The van der Waals surface area contributed by atoms with Crippen LogP contribution in [-0.2, 0) is 0 Å². The first-order chi connectivity index (χ1) is 14.4. The van der Waals surface area contributed by atoms with Gasteiger partial charge in [0.1, 0.15) is 11.8 Å². The first-order valence-electron chi connectivity index (χ1n) is 11.6. The summed E-state index contributed by atoms with van der Waals surface area (Å²) in [6, 6.07) is 0.294. The fourth-order valence-electron chi connectivity index (χ4n) is 7.97. The van der Waals surface area contributed by atoms with E-state index >= 15 is 0 Å². The van der Waals surface area contributed by atoms with E-state index in [1.807, 2.05) is 6.33 Å². The topological polar surface area (TPSA) is 63.8 Å². The highest BCUT2D eigenvalue weighted by atomic mass is 35.5. The molecule has 3 saturated carbocycles. The molecule has 0 unspecified atom stereocenters. The zero-order chi connectivity index (χ0) is 20.7. The highest BCUT2D eigenvalue weighted by Crippen LogP contribution is 2.65. The highest BCUT2D eigenvalue weighted by Gasteiger charge is 2.58. The Bertz CT molecular complexity index is 1030. The molecule has 6 rings (SSSR count). The molecule has 7 atom stereocenters. The van der Waals surface area contributed by atoms with E-state index in [9.17, 15) is 5.11 Å². The fourth-order valence-corrected chi connectivity index (χ4v) is 8.14. The van der Waals surface area contributed by atoms with Gasteiger partial charge in [-0.05, 0) is 80.0 Å². The molecule has 30 heavy (non-hydrogen) atoms. The van der Waals surface area contributed by atoms with Crippen LogP contribution in [0.25, 0.3) is 11.2 Å². The van der Waals surface area contributed by atoms with E-state index in [2.05, 4.69) is 39.4 Å². The lowest BCUT2D eigenvalue weighted by Gasteiger charge is -2.58. The number of fused-ring (bicyclic) bond motifs is 6. The van der Waals surface area contributed by atoms with Crippen molar-refractivity contribution in [2.24, 2.45) is 28.6 Å². The van der Waals surface area contributed by atoms with Crippen molar-refractivity contribution in [1.82, 2.24) is 19.5 Å². The minimum atomic E-state index is -0.0905. The third-order valence-electron chi connectivity index (χ3n) is 9.71. The number of halogens is 1. The van der Waals surface area contributed by atoms with Crippen LogP contribution in [-0.4, -0.2) is 30.7 Å². The molecule has 2 aromatic rings. The van der Waals surface area contributed by atoms with Gasteiger partial charge in [-0.3, -0.25) is 0 Å². The standard InChI is InChI=1S/C24H31ClN4O/c1-23-9-7-15(29-13-28-20-21(25)26-12-27-22(20)29)11-14(23)3-4-16-17-5-6-19(30)24(17,2)10-8-18(16)23/h11-13,15-19,30H,3-10H2,1-2H3/t15-,16+,17+,18+,19+,23+,24+/m1/s1. The van der Waals surface area contributed by atoms with E-state index in [-0.39, 0.29) is 11.5 Å². The predicted molar refractivity (Wildman–Crippen MR) is 117 cm³/mol. The summed E-state index contributed by atoms with van der Waals surface area (Å²) in [4.78, 5) is 13.0. The Morgan fingerprint density at radius 2 is 1.90 bits per heavy atom. The van der Waals surface area contributed by atoms with Crippen molar-refractivity contribution in [3.63, 3.8) is 0 Å². The van der Waals surface area contributed by atoms with Gasteiger partial charge in [0, 0.05) is 0 Å². The molecule has 160 valence electrons. The third-order valence-corrected chi connectivity index (χ3v) is 9.99. The highest BCUT2D eigenvalue weighted by molar-refractivity contribution is 6.33. The molecule has 0 aromatic carbocycles. The van der Waals surface area contributed by atoms with Crippen molar-refractivity contribution < 1.29 is 5.11 Å². The van der Waals surface area contributed by atoms with Crippen LogP contribution in [0.2, 0.25) is 5.15 Å². The van der Waals surface area contributed by atoms with Crippen molar-refractivity contribution in [2.75, 3.05) is 0 Å². The SMILES string of the molecule is C[C@]12CC[C@H]3[C@@H](CCC4=C[C@H](n5cnc6c(Cl)ncnc65)CC[C@@]43C)[C@@H]1CC[C@@H]2O. The number of imidazole rings is 1. The van der Waals surface area contributed by atoms with Gasteiger partial charge in [0.05, 0.1) is 18.5 Å². The van der Waals surface area contributed by atoms with E-state index in [0.29, 0.717) is 28.0 Å². The Balaban J connectivity index is 1.33. The predicted octanol–water partition coefficient (Wildman–Crippen LogP) is 5.34. The van der Waals surface area contributed by atoms with E-state index in [4.69, 9.17) is 11.6 Å². The summed E-state index contributed by atoms with van der Waals surface area (Å²) in [6.45, 7) is 4.90. The molecule has 0 radical (unpaired) electrons. The molecule has 1 N–H and O–H groups in total. The third kappa shape index (κ3) is 2.48. The van der Waals surface area contributed by atoms with Crippen LogP contribution in [0, 0.1) is 28.6 Å². The Labute approximate surface area is 183 Å². The van der Waals surface area contributed by atoms with E-state index < -0.39 is 0 Å². The largest absolute Gasteiger partial charge is 0.393 e. The van der Waals surface area contributed by atoms with Crippen molar-refractivity contribution in [3.8, 4) is 0 Å². The van der Waals surface area contributed by atoms with Crippen molar-refractivity contribution >= 4 is 22.8 Å². The van der Waals surface area contributed by atoms with Crippen molar-refractivity contribution in [3.05, 3.63) is 29.5 Å². The Morgan fingerprint density at radius 1 is 1.03 bits per heavy atom. The summed E-state index contributed by atoms with van der Waals surface area (Å²) < 4.78 is 2.19. The molecule has 4 aliphatic carbocycles. The maximum absolute atomic E-state index is 10.7. The number of aliphatic hydroxyl groups excluding tert-OH is 1. The van der Waals surface area contributed by atoms with Gasteiger partial charge >= 0.3 is 0 Å². The van der Waals surface area contributed by atoms with Gasteiger partial charge in [-0.15, -0.1) is 0 Å². The fraction of sp³-hybridized carbons (Fsp3) is 0.708. The van der Waals surface area contributed by atoms with Crippen LogP contribution in [0.1, 0.15) is 71.3 Å². The van der Waals surface area contributed by atoms with Gasteiger partial charge in [0.2, 0.25) is 0 Å². The van der Waals surface area contributed by atoms with Gasteiger partial charge in [0.15, 0.2) is 10.8 Å². The van der Waals surface area contributed by atoms with Gasteiger partial charge in [-0.2, -0.15) is 0 Å². The molecular formula is C24H31ClN4O. The van der Waals surface area contributed by atoms with Gasteiger partial charge in [-0.1, -0.05) is 37.1 Å². The quantitative estimate of drug-likeness (QED) is 0.493. The van der Waals surface area contributed by atoms with Crippen LogP contribution in [0.5, 0.6) is 0 Å². The molecule has 6 heteroatoms. The van der Waals surface area contributed by atoms with Crippen molar-refractivity contribution in [1.29, 1.82) is 0 Å². The first-order valence-corrected chi connectivity index (χ1v) is 12.0. The molecule has 0 saturated heterocycles. The number of allylic oxidation sites excluding steroid dienone is 2. The molecule has 0 spiro atoms. The number of aliphatic hydroxyl groups is 1. The minimum Gasteiger partial charge on any atom is -0.393 e. The average Bonchev–Trinajstić information content (AvgIpc) is 3.30. The Morgan fingerprint density at radius 3 is 2.77 bits per heavy atom. The maximum Gasteiger partial charge on any atom is 0.165 e. The summed E-state index contributed by atoms with van der Waals surface area (Å²) >= 11 is 6.22. The normalized spacial score (nSPS) is 43.1. The summed E-state index contributed by atoms with van der Waals surface area (Å²) in [5.41, 5.74) is 3.63. The Kier molecular flexibility index (Phi) is 4.18. The lowest BCUT2D eigenvalue weighted by molar-refractivity contribution is -0.0744. The molecule has 0 amide bonds. The number of nitrogens with zero attached hydrogens (tertiary/aromatic N) is 4. The van der Waals surface area contributed by atoms with E-state index in [1.165, 1.54) is 44.9 Å². The van der Waals surface area contributed by atoms with Gasteiger partial charge in [-0.25, -0.2) is 15.0 Å². The molecule has 2 heterocycles. The second-order valence-corrected chi connectivity index (χ2v) is 11.1. The van der Waals surface area contributed by atoms with Crippen LogP contribution < -0.4 is 0 Å². The molecule has 3 fully saturated rings. The summed E-state index contributed by atoms with van der Waals surface area (Å²) in [5, 5.41) is 11.1. The summed E-state index contributed by atoms with van der Waals surface area (Å²) in [7, 11) is 0. The first kappa shape index (κ1) is 19.2. The smallest absolute Gasteiger partial charge is 0.165 e. The summed E-state index contributed by atoms with van der Waals surface area (Å²) in [5.74, 6) is 2.25.